The van der Waals surface area contributed by atoms with Crippen LogP contribution in [0.2, 0.25) is 0 Å². The molecule has 1 aliphatic heterocycles. The highest BCUT2D eigenvalue weighted by atomic mass is 16.5. The topological polar surface area (TPSA) is 76.1 Å². The maximum absolute atomic E-state index is 12.6. The zero-order valence-corrected chi connectivity index (χ0v) is 13.6. The molecule has 25 heavy (non-hydrogen) atoms. The first-order chi connectivity index (χ1) is 12.1. The molecule has 0 unspecified atom stereocenters. The third-order valence-corrected chi connectivity index (χ3v) is 3.91. The first-order valence-electron chi connectivity index (χ1n) is 8.07. The molecule has 1 heterocycles. The Labute approximate surface area is 145 Å². The van der Waals surface area contributed by atoms with Crippen LogP contribution in [0.1, 0.15) is 16.8 Å². The van der Waals surface area contributed by atoms with Crippen LogP contribution in [0.25, 0.3) is 0 Å². The molecule has 1 amide bonds. The van der Waals surface area contributed by atoms with Gasteiger partial charge >= 0.3 is 5.97 Å². The van der Waals surface area contributed by atoms with E-state index in [-0.39, 0.29) is 18.9 Å². The van der Waals surface area contributed by atoms with Crippen LogP contribution in [-0.4, -0.2) is 47.7 Å². The van der Waals surface area contributed by atoms with Crippen LogP contribution in [-0.2, 0) is 9.53 Å². The Hall–Kier alpha value is -2.86. The van der Waals surface area contributed by atoms with Crippen molar-refractivity contribution in [3.05, 3.63) is 60.2 Å². The molecule has 6 heteroatoms. The number of rotatable bonds is 5. The second-order valence-corrected chi connectivity index (χ2v) is 5.78. The van der Waals surface area contributed by atoms with E-state index in [2.05, 4.69) is 0 Å². The van der Waals surface area contributed by atoms with E-state index in [1.807, 2.05) is 30.3 Å². The summed E-state index contributed by atoms with van der Waals surface area (Å²) < 4.78 is 11.1. The second kappa shape index (κ2) is 7.81. The molecule has 0 aliphatic carbocycles. The van der Waals surface area contributed by atoms with E-state index in [4.69, 9.17) is 14.6 Å². The molecule has 0 radical (unpaired) electrons. The molecule has 1 saturated heterocycles. The Bertz CT molecular complexity index is 729. The van der Waals surface area contributed by atoms with E-state index in [0.29, 0.717) is 24.5 Å². The highest BCUT2D eigenvalue weighted by molar-refractivity contribution is 5.94. The summed E-state index contributed by atoms with van der Waals surface area (Å²) in [7, 11) is 0. The van der Waals surface area contributed by atoms with Gasteiger partial charge < -0.3 is 19.5 Å². The Kier molecular flexibility index (Phi) is 5.30. The molecule has 1 aliphatic rings. The van der Waals surface area contributed by atoms with E-state index in [9.17, 15) is 9.59 Å². The minimum absolute atomic E-state index is 0.104. The van der Waals surface area contributed by atoms with E-state index in [1.54, 1.807) is 29.2 Å². The number of hydrogen-bond donors (Lipinski definition) is 1. The third-order valence-electron chi connectivity index (χ3n) is 3.91. The average molecular weight is 341 g/mol. The number of hydrogen-bond acceptors (Lipinski definition) is 4. The lowest BCUT2D eigenvalue weighted by Crippen LogP contribution is -2.46. The van der Waals surface area contributed by atoms with Crippen LogP contribution in [0.3, 0.4) is 0 Å². The minimum atomic E-state index is -0.929. The number of carboxylic acids is 1. The summed E-state index contributed by atoms with van der Waals surface area (Å²) in [6, 6.07) is 16.3. The molecule has 1 atom stereocenters. The first-order valence-corrected chi connectivity index (χ1v) is 8.07. The Morgan fingerprint density at radius 3 is 2.44 bits per heavy atom. The van der Waals surface area contributed by atoms with Gasteiger partial charge in [0.15, 0.2) is 0 Å². The number of aliphatic carboxylic acids is 1. The molecule has 6 nitrogen and oxygen atoms in total. The smallest absolute Gasteiger partial charge is 0.306 e. The lowest BCUT2D eigenvalue weighted by molar-refractivity contribution is -0.141. The number of carbonyl (C=O) groups excluding carboxylic acids is 1. The lowest BCUT2D eigenvalue weighted by Gasteiger charge is -2.32. The summed E-state index contributed by atoms with van der Waals surface area (Å²) in [4.78, 5) is 25.0. The summed E-state index contributed by atoms with van der Waals surface area (Å²) in [5, 5.41) is 8.86. The SMILES string of the molecule is O=C(O)C[C@@H]1CN(C(=O)c2ccc(Oc3ccccc3)cc2)CCO1. The summed E-state index contributed by atoms with van der Waals surface area (Å²) in [5.74, 6) is 0.311. The van der Waals surface area contributed by atoms with Gasteiger partial charge in [-0.15, -0.1) is 0 Å². The minimum Gasteiger partial charge on any atom is -0.481 e. The Morgan fingerprint density at radius 1 is 1.08 bits per heavy atom. The van der Waals surface area contributed by atoms with Gasteiger partial charge in [0, 0.05) is 18.7 Å². The molecule has 3 rings (SSSR count). The van der Waals surface area contributed by atoms with Crippen molar-refractivity contribution in [3.63, 3.8) is 0 Å². The maximum Gasteiger partial charge on any atom is 0.306 e. The summed E-state index contributed by atoms with van der Waals surface area (Å²) >= 11 is 0. The van der Waals surface area contributed by atoms with Gasteiger partial charge in [-0.05, 0) is 36.4 Å². The van der Waals surface area contributed by atoms with Gasteiger partial charge in [0.25, 0.3) is 5.91 Å². The van der Waals surface area contributed by atoms with Crippen LogP contribution in [0.15, 0.2) is 54.6 Å². The largest absolute Gasteiger partial charge is 0.481 e. The van der Waals surface area contributed by atoms with Crippen LogP contribution in [0.4, 0.5) is 0 Å². The molecule has 2 aromatic rings. The fraction of sp³-hybridized carbons (Fsp3) is 0.263. The van der Waals surface area contributed by atoms with Crippen molar-refractivity contribution in [2.24, 2.45) is 0 Å². The number of morpholine rings is 1. The lowest BCUT2D eigenvalue weighted by atomic mass is 10.1. The number of carboxylic acid groups (broad SMARTS) is 1. The molecule has 2 aromatic carbocycles. The monoisotopic (exact) mass is 341 g/mol. The fourth-order valence-electron chi connectivity index (χ4n) is 2.69. The average Bonchev–Trinajstić information content (AvgIpc) is 2.62. The maximum atomic E-state index is 12.6. The number of nitrogens with zero attached hydrogens (tertiary/aromatic N) is 1. The molecular weight excluding hydrogens is 322 g/mol. The fourth-order valence-corrected chi connectivity index (χ4v) is 2.69. The number of ether oxygens (including phenoxy) is 2. The van der Waals surface area contributed by atoms with Crippen molar-refractivity contribution >= 4 is 11.9 Å². The molecule has 1 fully saturated rings. The molecule has 0 spiro atoms. The molecule has 0 aromatic heterocycles. The third kappa shape index (κ3) is 4.58. The van der Waals surface area contributed by atoms with Gasteiger partial charge in [0.05, 0.1) is 19.1 Å². The molecular formula is C19H19NO5. The first kappa shape index (κ1) is 17.0. The van der Waals surface area contributed by atoms with Crippen LogP contribution < -0.4 is 4.74 Å². The van der Waals surface area contributed by atoms with E-state index in [1.165, 1.54) is 0 Å². The molecule has 0 saturated carbocycles. The van der Waals surface area contributed by atoms with Crippen LogP contribution in [0.5, 0.6) is 11.5 Å². The predicted octanol–water partition coefficient (Wildman–Crippen LogP) is 2.79. The van der Waals surface area contributed by atoms with Crippen molar-refractivity contribution in [1.82, 2.24) is 4.90 Å². The quantitative estimate of drug-likeness (QED) is 0.905. The Balaban J connectivity index is 1.63. The standard InChI is InChI=1S/C19H19NO5/c21-18(22)12-17-13-20(10-11-24-17)19(23)14-6-8-16(9-7-14)25-15-4-2-1-3-5-15/h1-9,17H,10-13H2,(H,21,22)/t17-/m1/s1. The van der Waals surface area contributed by atoms with Crippen molar-refractivity contribution in [2.45, 2.75) is 12.5 Å². The summed E-state index contributed by atoms with van der Waals surface area (Å²) in [6.45, 7) is 1.09. The van der Waals surface area contributed by atoms with Gasteiger partial charge in [0.2, 0.25) is 0 Å². The normalized spacial score (nSPS) is 17.1. The van der Waals surface area contributed by atoms with Crippen molar-refractivity contribution in [3.8, 4) is 11.5 Å². The zero-order valence-electron chi connectivity index (χ0n) is 13.6. The Morgan fingerprint density at radius 2 is 1.76 bits per heavy atom. The van der Waals surface area contributed by atoms with Gasteiger partial charge in [-0.1, -0.05) is 18.2 Å². The van der Waals surface area contributed by atoms with Crippen LogP contribution in [0, 0.1) is 0 Å². The predicted molar refractivity (Wildman–Crippen MR) is 90.9 cm³/mol. The number of amides is 1. The summed E-state index contributed by atoms with van der Waals surface area (Å²) in [6.07, 6.45) is -0.566. The van der Waals surface area contributed by atoms with Crippen LogP contribution >= 0.6 is 0 Å². The highest BCUT2D eigenvalue weighted by Gasteiger charge is 2.26. The van der Waals surface area contributed by atoms with E-state index >= 15 is 0 Å². The van der Waals surface area contributed by atoms with E-state index < -0.39 is 12.1 Å². The van der Waals surface area contributed by atoms with Gasteiger partial charge in [0.1, 0.15) is 11.5 Å². The number of benzene rings is 2. The molecule has 0 bridgehead atoms. The van der Waals surface area contributed by atoms with Crippen molar-refractivity contribution in [1.29, 1.82) is 0 Å². The summed E-state index contributed by atoms with van der Waals surface area (Å²) in [5.41, 5.74) is 0.538. The molecule has 1 N–H and O–H groups in total. The number of para-hydroxylation sites is 1. The zero-order chi connectivity index (χ0) is 17.6. The highest BCUT2D eigenvalue weighted by Crippen LogP contribution is 2.22. The second-order valence-electron chi connectivity index (χ2n) is 5.78. The van der Waals surface area contributed by atoms with E-state index in [0.717, 1.165) is 5.75 Å². The van der Waals surface area contributed by atoms with Gasteiger partial charge in [-0.2, -0.15) is 0 Å². The van der Waals surface area contributed by atoms with Crippen molar-refractivity contribution < 1.29 is 24.2 Å². The van der Waals surface area contributed by atoms with Gasteiger partial charge in [-0.3, -0.25) is 9.59 Å². The van der Waals surface area contributed by atoms with Gasteiger partial charge in [-0.25, -0.2) is 0 Å². The molecule has 130 valence electrons. The van der Waals surface area contributed by atoms with Crippen molar-refractivity contribution in [2.75, 3.05) is 19.7 Å². The number of carbonyl (C=O) groups is 2.